The van der Waals surface area contributed by atoms with Crippen molar-refractivity contribution in [3.05, 3.63) is 29.3 Å². The third-order valence-electron chi connectivity index (χ3n) is 3.89. The molecule has 0 heterocycles. The SMILES string of the molecule is CC(Oc1ccccc1Cl)C(=O)NCC1CCC(O)CC1. The average Bonchev–Trinajstić information content (AvgIpc) is 2.48. The summed E-state index contributed by atoms with van der Waals surface area (Å²) < 4.78 is 5.58. The summed E-state index contributed by atoms with van der Waals surface area (Å²) in [6.07, 6.45) is 2.82. The van der Waals surface area contributed by atoms with Crippen LogP contribution in [0.15, 0.2) is 24.3 Å². The minimum atomic E-state index is -0.584. The summed E-state index contributed by atoms with van der Waals surface area (Å²) >= 11 is 6.01. The van der Waals surface area contributed by atoms with Gasteiger partial charge in [-0.2, -0.15) is 0 Å². The first kappa shape index (κ1) is 16.1. The molecule has 1 aliphatic carbocycles. The van der Waals surface area contributed by atoms with Crippen molar-refractivity contribution in [1.29, 1.82) is 0 Å². The van der Waals surface area contributed by atoms with E-state index >= 15 is 0 Å². The maximum absolute atomic E-state index is 12.0. The molecule has 1 atom stereocenters. The largest absolute Gasteiger partial charge is 0.479 e. The number of nitrogens with one attached hydrogen (secondary N) is 1. The summed E-state index contributed by atoms with van der Waals surface area (Å²) in [6, 6.07) is 7.11. The van der Waals surface area contributed by atoms with Crippen molar-refractivity contribution in [3.63, 3.8) is 0 Å². The molecule has 4 nitrogen and oxygen atoms in total. The molecule has 1 saturated carbocycles. The molecule has 21 heavy (non-hydrogen) atoms. The fourth-order valence-electron chi connectivity index (χ4n) is 2.52. The topological polar surface area (TPSA) is 58.6 Å². The zero-order valence-electron chi connectivity index (χ0n) is 12.2. The van der Waals surface area contributed by atoms with Gasteiger partial charge < -0.3 is 15.2 Å². The summed E-state index contributed by atoms with van der Waals surface area (Å²) in [5.41, 5.74) is 0. The molecule has 1 amide bonds. The van der Waals surface area contributed by atoms with Crippen LogP contribution in [0.5, 0.6) is 5.75 Å². The maximum atomic E-state index is 12.0. The van der Waals surface area contributed by atoms with Crippen molar-refractivity contribution in [1.82, 2.24) is 5.32 Å². The van der Waals surface area contributed by atoms with E-state index in [1.807, 2.05) is 12.1 Å². The lowest BCUT2D eigenvalue weighted by molar-refractivity contribution is -0.127. The van der Waals surface area contributed by atoms with Crippen LogP contribution in [0.3, 0.4) is 0 Å². The Morgan fingerprint density at radius 1 is 1.38 bits per heavy atom. The highest BCUT2D eigenvalue weighted by Crippen LogP contribution is 2.25. The second-order valence-corrected chi connectivity index (χ2v) is 6.02. The van der Waals surface area contributed by atoms with Crippen molar-refractivity contribution in [3.8, 4) is 5.75 Å². The van der Waals surface area contributed by atoms with Gasteiger partial charge in [-0.05, 0) is 50.7 Å². The zero-order valence-corrected chi connectivity index (χ0v) is 13.0. The molecular formula is C16H22ClNO3. The highest BCUT2D eigenvalue weighted by atomic mass is 35.5. The molecule has 0 aromatic heterocycles. The van der Waals surface area contributed by atoms with Crippen LogP contribution in [-0.4, -0.2) is 29.8 Å². The molecule has 0 saturated heterocycles. The molecule has 2 N–H and O–H groups in total. The molecule has 1 fully saturated rings. The minimum absolute atomic E-state index is 0.138. The van der Waals surface area contributed by atoms with Crippen LogP contribution in [0.4, 0.5) is 0 Å². The first-order chi connectivity index (χ1) is 10.1. The van der Waals surface area contributed by atoms with Gasteiger partial charge in [-0.25, -0.2) is 0 Å². The van der Waals surface area contributed by atoms with Crippen molar-refractivity contribution >= 4 is 17.5 Å². The van der Waals surface area contributed by atoms with Crippen LogP contribution in [-0.2, 0) is 4.79 Å². The lowest BCUT2D eigenvalue weighted by atomic mass is 9.87. The molecule has 0 bridgehead atoms. The van der Waals surface area contributed by atoms with Crippen molar-refractivity contribution in [2.75, 3.05) is 6.54 Å². The smallest absolute Gasteiger partial charge is 0.260 e. The van der Waals surface area contributed by atoms with Crippen LogP contribution in [0.2, 0.25) is 5.02 Å². The Labute approximate surface area is 130 Å². The Morgan fingerprint density at radius 3 is 2.71 bits per heavy atom. The number of carbonyl (C=O) groups excluding carboxylic acids is 1. The van der Waals surface area contributed by atoms with E-state index < -0.39 is 6.10 Å². The number of ether oxygens (including phenoxy) is 1. The Balaban J connectivity index is 1.76. The number of benzene rings is 1. The van der Waals surface area contributed by atoms with Crippen LogP contribution >= 0.6 is 11.6 Å². The van der Waals surface area contributed by atoms with E-state index in [-0.39, 0.29) is 12.0 Å². The highest BCUT2D eigenvalue weighted by molar-refractivity contribution is 6.32. The standard InChI is InChI=1S/C16H22ClNO3/c1-11(21-15-5-3-2-4-14(15)17)16(20)18-10-12-6-8-13(19)9-7-12/h2-5,11-13,19H,6-10H2,1H3,(H,18,20). The average molecular weight is 312 g/mol. The van der Waals surface area contributed by atoms with Gasteiger partial charge in [0.1, 0.15) is 5.75 Å². The number of halogens is 1. The van der Waals surface area contributed by atoms with Gasteiger partial charge in [-0.15, -0.1) is 0 Å². The summed E-state index contributed by atoms with van der Waals surface area (Å²) in [4.78, 5) is 12.0. The summed E-state index contributed by atoms with van der Waals surface area (Å²) in [7, 11) is 0. The summed E-state index contributed by atoms with van der Waals surface area (Å²) in [5.74, 6) is 0.827. The first-order valence-electron chi connectivity index (χ1n) is 7.43. The van der Waals surface area contributed by atoms with E-state index in [0.29, 0.717) is 23.2 Å². The van der Waals surface area contributed by atoms with Gasteiger partial charge in [0.15, 0.2) is 6.10 Å². The first-order valence-corrected chi connectivity index (χ1v) is 7.81. The minimum Gasteiger partial charge on any atom is -0.479 e. The van der Waals surface area contributed by atoms with Gasteiger partial charge >= 0.3 is 0 Å². The number of amides is 1. The van der Waals surface area contributed by atoms with Gasteiger partial charge in [0.05, 0.1) is 11.1 Å². The quantitative estimate of drug-likeness (QED) is 0.879. The van der Waals surface area contributed by atoms with Crippen LogP contribution in [0.25, 0.3) is 0 Å². The summed E-state index contributed by atoms with van der Waals surface area (Å²) in [5, 5.41) is 12.9. The second kappa shape index (κ2) is 7.66. The van der Waals surface area contributed by atoms with Crippen LogP contribution < -0.4 is 10.1 Å². The van der Waals surface area contributed by atoms with E-state index in [1.165, 1.54) is 0 Å². The molecule has 1 aliphatic rings. The van der Waals surface area contributed by atoms with Crippen LogP contribution in [0, 0.1) is 5.92 Å². The predicted octanol–water partition coefficient (Wildman–Crippen LogP) is 2.77. The monoisotopic (exact) mass is 311 g/mol. The van der Waals surface area contributed by atoms with Crippen LogP contribution in [0.1, 0.15) is 32.6 Å². The number of hydrogen-bond acceptors (Lipinski definition) is 3. The van der Waals surface area contributed by atoms with Crippen molar-refractivity contribution in [2.24, 2.45) is 5.92 Å². The molecule has 0 aliphatic heterocycles. The van der Waals surface area contributed by atoms with Gasteiger partial charge in [0.25, 0.3) is 5.91 Å². The Hall–Kier alpha value is -1.26. The molecule has 1 unspecified atom stereocenters. The van der Waals surface area contributed by atoms with E-state index in [2.05, 4.69) is 5.32 Å². The lowest BCUT2D eigenvalue weighted by Crippen LogP contribution is -2.39. The Bertz CT molecular complexity index is 472. The van der Waals surface area contributed by atoms with E-state index in [9.17, 15) is 9.90 Å². The molecule has 0 spiro atoms. The third kappa shape index (κ3) is 4.90. The molecule has 0 radical (unpaired) electrons. The number of aliphatic hydroxyl groups excluding tert-OH is 1. The number of para-hydroxylation sites is 1. The molecular weight excluding hydrogens is 290 g/mol. The molecule has 1 aromatic rings. The number of aliphatic hydroxyl groups is 1. The molecule has 1 aromatic carbocycles. The fraction of sp³-hybridized carbons (Fsp3) is 0.562. The Morgan fingerprint density at radius 2 is 2.05 bits per heavy atom. The van der Waals surface area contributed by atoms with Crippen molar-refractivity contribution < 1.29 is 14.6 Å². The van der Waals surface area contributed by atoms with E-state index in [4.69, 9.17) is 16.3 Å². The number of rotatable bonds is 5. The third-order valence-corrected chi connectivity index (χ3v) is 4.20. The zero-order chi connectivity index (χ0) is 15.2. The highest BCUT2D eigenvalue weighted by Gasteiger charge is 2.21. The van der Waals surface area contributed by atoms with Gasteiger partial charge in [0.2, 0.25) is 0 Å². The second-order valence-electron chi connectivity index (χ2n) is 5.61. The summed E-state index contributed by atoms with van der Waals surface area (Å²) in [6.45, 7) is 2.35. The Kier molecular flexibility index (Phi) is 5.88. The van der Waals surface area contributed by atoms with Gasteiger partial charge in [-0.1, -0.05) is 23.7 Å². The van der Waals surface area contributed by atoms with E-state index in [0.717, 1.165) is 25.7 Å². The fourth-order valence-corrected chi connectivity index (χ4v) is 2.70. The molecule has 116 valence electrons. The van der Waals surface area contributed by atoms with E-state index in [1.54, 1.807) is 19.1 Å². The number of hydrogen-bond donors (Lipinski definition) is 2. The maximum Gasteiger partial charge on any atom is 0.260 e. The predicted molar refractivity (Wildman–Crippen MR) is 82.5 cm³/mol. The van der Waals surface area contributed by atoms with Gasteiger partial charge in [0, 0.05) is 6.54 Å². The molecule has 5 heteroatoms. The molecule has 2 rings (SSSR count). The normalized spacial score (nSPS) is 23.4. The number of carbonyl (C=O) groups is 1. The van der Waals surface area contributed by atoms with Crippen molar-refractivity contribution in [2.45, 2.75) is 44.8 Å². The van der Waals surface area contributed by atoms with Gasteiger partial charge in [-0.3, -0.25) is 4.79 Å². The lowest BCUT2D eigenvalue weighted by Gasteiger charge is -2.26.